The predicted molar refractivity (Wildman–Crippen MR) is 86.1 cm³/mol. The van der Waals surface area contributed by atoms with Crippen LogP contribution in [0.5, 0.6) is 0 Å². The zero-order chi connectivity index (χ0) is 14.5. The molecule has 0 aromatic heterocycles. The van der Waals surface area contributed by atoms with E-state index in [0.717, 1.165) is 10.0 Å². The van der Waals surface area contributed by atoms with Gasteiger partial charge in [0.1, 0.15) is 0 Å². The lowest BCUT2D eigenvalue weighted by atomic mass is 9.86. The predicted octanol–water partition coefficient (Wildman–Crippen LogP) is 5.35. The molecule has 1 N–H and O–H groups in total. The second kappa shape index (κ2) is 7.06. The van der Waals surface area contributed by atoms with E-state index in [0.29, 0.717) is 12.8 Å². The molecular weight excluding hydrogens is 300 g/mol. The molecule has 1 aromatic carbocycles. The topological polar surface area (TPSA) is 20.2 Å². The van der Waals surface area contributed by atoms with Crippen molar-refractivity contribution in [3.63, 3.8) is 0 Å². The first-order chi connectivity index (χ1) is 8.83. The number of hydrogen-bond acceptors (Lipinski definition) is 1. The van der Waals surface area contributed by atoms with E-state index in [1.165, 1.54) is 11.1 Å². The maximum atomic E-state index is 11.0. The molecule has 0 atom stereocenters. The van der Waals surface area contributed by atoms with E-state index in [2.05, 4.69) is 55.8 Å². The summed E-state index contributed by atoms with van der Waals surface area (Å²) in [6.07, 6.45) is 5.48. The summed E-state index contributed by atoms with van der Waals surface area (Å²) >= 11 is 3.43. The van der Waals surface area contributed by atoms with Crippen molar-refractivity contribution in [3.8, 4) is 0 Å². The van der Waals surface area contributed by atoms with Gasteiger partial charge < -0.3 is 5.11 Å². The fraction of sp³-hybridized carbons (Fsp3) is 0.412. The molecule has 0 amide bonds. The Kier molecular flexibility index (Phi) is 6.02. The molecule has 1 rings (SSSR count). The van der Waals surface area contributed by atoms with E-state index in [-0.39, 0.29) is 0 Å². The van der Waals surface area contributed by atoms with Gasteiger partial charge in [-0.2, -0.15) is 0 Å². The number of halogens is 1. The summed E-state index contributed by atoms with van der Waals surface area (Å²) in [7, 11) is 0. The van der Waals surface area contributed by atoms with Gasteiger partial charge in [-0.25, -0.2) is 0 Å². The number of benzene rings is 1. The lowest BCUT2D eigenvalue weighted by Crippen LogP contribution is -2.24. The normalized spacial score (nSPS) is 11.1. The minimum Gasteiger partial charge on any atom is -0.385 e. The van der Waals surface area contributed by atoms with Gasteiger partial charge in [0.2, 0.25) is 0 Å². The summed E-state index contributed by atoms with van der Waals surface area (Å²) in [4.78, 5) is 0. The molecule has 0 radical (unpaired) electrons. The summed E-state index contributed by atoms with van der Waals surface area (Å²) in [6, 6.07) is 7.93. The van der Waals surface area contributed by atoms with Crippen LogP contribution in [-0.2, 0) is 5.60 Å². The van der Waals surface area contributed by atoms with Gasteiger partial charge in [0.25, 0.3) is 0 Å². The van der Waals surface area contributed by atoms with E-state index in [9.17, 15) is 5.11 Å². The highest BCUT2D eigenvalue weighted by atomic mass is 79.9. The molecule has 0 aliphatic carbocycles. The Morgan fingerprint density at radius 3 is 1.79 bits per heavy atom. The van der Waals surface area contributed by atoms with Crippen LogP contribution in [0.3, 0.4) is 0 Å². The van der Waals surface area contributed by atoms with Gasteiger partial charge in [-0.3, -0.25) is 0 Å². The molecular formula is C17H23BrO. The van der Waals surface area contributed by atoms with Crippen molar-refractivity contribution in [2.45, 2.75) is 46.1 Å². The van der Waals surface area contributed by atoms with Gasteiger partial charge in [-0.1, -0.05) is 51.4 Å². The molecule has 0 saturated carbocycles. The van der Waals surface area contributed by atoms with Crippen LogP contribution in [0.15, 0.2) is 52.0 Å². The highest BCUT2D eigenvalue weighted by Crippen LogP contribution is 2.31. The van der Waals surface area contributed by atoms with Gasteiger partial charge in [0.05, 0.1) is 5.60 Å². The molecule has 104 valence electrons. The van der Waals surface area contributed by atoms with E-state index >= 15 is 0 Å². The number of rotatable bonds is 5. The Bertz CT molecular complexity index is 441. The standard InChI is InChI=1S/C17H23BrO/c1-13(2)9-11-17(19,12-10-14(3)4)15-5-7-16(18)8-6-15/h5-10,19H,11-12H2,1-4H3. The third-order valence-corrected chi connectivity index (χ3v) is 3.61. The number of hydrogen-bond donors (Lipinski definition) is 1. The van der Waals surface area contributed by atoms with E-state index in [1.54, 1.807) is 0 Å². The van der Waals surface area contributed by atoms with Crippen LogP contribution in [0, 0.1) is 0 Å². The first kappa shape index (κ1) is 16.2. The number of allylic oxidation sites excluding steroid dienone is 2. The van der Waals surface area contributed by atoms with E-state index in [4.69, 9.17) is 0 Å². The van der Waals surface area contributed by atoms with Gasteiger partial charge in [0, 0.05) is 4.47 Å². The van der Waals surface area contributed by atoms with E-state index in [1.807, 2.05) is 24.3 Å². The molecule has 0 unspecified atom stereocenters. The number of aliphatic hydroxyl groups is 1. The van der Waals surface area contributed by atoms with Gasteiger partial charge in [-0.15, -0.1) is 0 Å². The summed E-state index contributed by atoms with van der Waals surface area (Å²) < 4.78 is 1.03. The van der Waals surface area contributed by atoms with Crippen LogP contribution in [0.4, 0.5) is 0 Å². The van der Waals surface area contributed by atoms with E-state index < -0.39 is 5.60 Å². The Hall–Kier alpha value is -0.860. The minimum absolute atomic E-state index is 0.640. The summed E-state index contributed by atoms with van der Waals surface area (Å²) in [5.41, 5.74) is 2.60. The maximum absolute atomic E-state index is 11.0. The van der Waals surface area contributed by atoms with Crippen molar-refractivity contribution in [2.75, 3.05) is 0 Å². The van der Waals surface area contributed by atoms with Crippen LogP contribution >= 0.6 is 15.9 Å². The van der Waals surface area contributed by atoms with Crippen molar-refractivity contribution in [1.82, 2.24) is 0 Å². The Labute approximate surface area is 125 Å². The van der Waals surface area contributed by atoms with Crippen molar-refractivity contribution in [3.05, 3.63) is 57.6 Å². The highest BCUT2D eigenvalue weighted by molar-refractivity contribution is 9.10. The molecule has 0 spiro atoms. The molecule has 0 fully saturated rings. The van der Waals surface area contributed by atoms with Crippen molar-refractivity contribution in [1.29, 1.82) is 0 Å². The third-order valence-electron chi connectivity index (χ3n) is 3.08. The Morgan fingerprint density at radius 1 is 1.00 bits per heavy atom. The lowest BCUT2D eigenvalue weighted by Gasteiger charge is -2.27. The molecule has 0 bridgehead atoms. The maximum Gasteiger partial charge on any atom is 0.0965 e. The molecule has 1 nitrogen and oxygen atoms in total. The summed E-state index contributed by atoms with van der Waals surface area (Å²) in [5, 5.41) is 11.0. The first-order valence-electron chi connectivity index (χ1n) is 6.58. The molecule has 19 heavy (non-hydrogen) atoms. The van der Waals surface area contributed by atoms with Gasteiger partial charge in [0.15, 0.2) is 0 Å². The van der Waals surface area contributed by atoms with Crippen molar-refractivity contribution >= 4 is 15.9 Å². The zero-order valence-electron chi connectivity index (χ0n) is 12.2. The average Bonchev–Trinajstić information content (AvgIpc) is 2.35. The van der Waals surface area contributed by atoms with Gasteiger partial charge in [-0.05, 0) is 58.2 Å². The summed E-state index contributed by atoms with van der Waals surface area (Å²) in [5.74, 6) is 0. The fourth-order valence-corrected chi connectivity index (χ4v) is 2.09. The third kappa shape index (κ3) is 5.33. The Balaban J connectivity index is 3.06. The molecule has 1 aromatic rings. The van der Waals surface area contributed by atoms with Crippen molar-refractivity contribution < 1.29 is 5.11 Å². The molecule has 0 saturated heterocycles. The molecule has 0 aliphatic rings. The largest absolute Gasteiger partial charge is 0.385 e. The zero-order valence-corrected chi connectivity index (χ0v) is 13.8. The monoisotopic (exact) mass is 322 g/mol. The quantitative estimate of drug-likeness (QED) is 0.724. The summed E-state index contributed by atoms with van der Waals surface area (Å²) in [6.45, 7) is 8.23. The second-order valence-corrected chi connectivity index (χ2v) is 6.43. The second-order valence-electron chi connectivity index (χ2n) is 5.51. The fourth-order valence-electron chi connectivity index (χ4n) is 1.83. The van der Waals surface area contributed by atoms with Crippen LogP contribution in [0.1, 0.15) is 46.1 Å². The highest BCUT2D eigenvalue weighted by Gasteiger charge is 2.26. The van der Waals surface area contributed by atoms with Crippen LogP contribution < -0.4 is 0 Å². The SMILES string of the molecule is CC(C)=CCC(O)(CC=C(C)C)c1ccc(Br)cc1. The lowest BCUT2D eigenvalue weighted by molar-refractivity contribution is 0.0424. The first-order valence-corrected chi connectivity index (χ1v) is 7.38. The molecule has 0 heterocycles. The molecule has 0 aliphatic heterocycles. The minimum atomic E-state index is -0.824. The van der Waals surface area contributed by atoms with Crippen LogP contribution in [0.25, 0.3) is 0 Å². The average molecular weight is 323 g/mol. The molecule has 2 heteroatoms. The van der Waals surface area contributed by atoms with Crippen molar-refractivity contribution in [2.24, 2.45) is 0 Å². The Morgan fingerprint density at radius 2 is 1.42 bits per heavy atom. The van der Waals surface area contributed by atoms with Gasteiger partial charge >= 0.3 is 0 Å². The smallest absolute Gasteiger partial charge is 0.0965 e. The van der Waals surface area contributed by atoms with Crippen LogP contribution in [-0.4, -0.2) is 5.11 Å². The van der Waals surface area contributed by atoms with Crippen LogP contribution in [0.2, 0.25) is 0 Å².